The lowest BCUT2D eigenvalue weighted by Gasteiger charge is -2.09. The van der Waals surface area contributed by atoms with Gasteiger partial charge in [0.2, 0.25) is 0 Å². The molecular formula is C26H31N3O3S. The van der Waals surface area contributed by atoms with Gasteiger partial charge in [0.15, 0.2) is 9.84 Å². The molecule has 0 radical (unpaired) electrons. The van der Waals surface area contributed by atoms with E-state index in [0.717, 1.165) is 23.2 Å². The van der Waals surface area contributed by atoms with Gasteiger partial charge in [-0.15, -0.1) is 0 Å². The third-order valence-corrected chi connectivity index (χ3v) is 5.78. The molecule has 2 heterocycles. The Morgan fingerprint density at radius 2 is 1.61 bits per heavy atom. The number of fused-ring (bicyclic) bond motifs is 1. The van der Waals surface area contributed by atoms with Gasteiger partial charge in [0.1, 0.15) is 5.65 Å². The lowest BCUT2D eigenvalue weighted by atomic mass is 10.1. The van der Waals surface area contributed by atoms with Crippen LogP contribution in [0.25, 0.3) is 16.9 Å². The number of nitrogens with one attached hydrogen (secondary N) is 1. The Kier molecular flexibility index (Phi) is 8.94. The summed E-state index contributed by atoms with van der Waals surface area (Å²) >= 11 is 0. The molecule has 4 rings (SSSR count). The molecule has 0 saturated heterocycles. The Labute approximate surface area is 196 Å². The standard InChI is InChI=1S/C22H19N3O3S.2C2H6/c1-15-13-18(29(2,27)28)10-11-19(15)22(26)23-17-8-6-16(7-9-17)20-14-25-12-4-3-5-21(25)24-20;2*1-2/h3-14H,1-2H3,(H,23,26);2*1-2H3. The number of sulfone groups is 1. The second-order valence-electron chi connectivity index (χ2n) is 6.87. The molecule has 0 aliphatic carbocycles. The zero-order valence-electron chi connectivity index (χ0n) is 20.0. The first-order valence-electron chi connectivity index (χ1n) is 11.0. The van der Waals surface area contributed by atoms with Gasteiger partial charge in [-0.2, -0.15) is 0 Å². The normalized spacial score (nSPS) is 10.5. The summed E-state index contributed by atoms with van der Waals surface area (Å²) in [6, 6.07) is 17.8. The highest BCUT2D eigenvalue weighted by Crippen LogP contribution is 2.22. The van der Waals surface area contributed by atoms with Crippen molar-refractivity contribution in [3.05, 3.63) is 84.2 Å². The summed E-state index contributed by atoms with van der Waals surface area (Å²) in [4.78, 5) is 17.4. The number of hydrogen-bond acceptors (Lipinski definition) is 4. The Bertz CT molecular complexity index is 1290. The third kappa shape index (κ3) is 6.29. The Hall–Kier alpha value is -3.45. The summed E-state index contributed by atoms with van der Waals surface area (Å²) in [7, 11) is -3.31. The monoisotopic (exact) mass is 465 g/mol. The zero-order chi connectivity index (χ0) is 24.6. The molecule has 0 spiro atoms. The van der Waals surface area contributed by atoms with Crippen LogP contribution in [0, 0.1) is 6.92 Å². The van der Waals surface area contributed by atoms with Gasteiger partial charge in [-0.3, -0.25) is 4.79 Å². The SMILES string of the molecule is CC.CC.Cc1cc(S(C)(=O)=O)ccc1C(=O)Nc1ccc(-c2cn3ccccc3n2)cc1. The Morgan fingerprint density at radius 1 is 0.939 bits per heavy atom. The number of rotatable bonds is 4. The van der Waals surface area contributed by atoms with Gasteiger partial charge in [0, 0.05) is 35.5 Å². The fourth-order valence-electron chi connectivity index (χ4n) is 3.12. The molecule has 1 N–H and O–H groups in total. The van der Waals surface area contributed by atoms with Gasteiger partial charge in [-0.05, 0) is 55.0 Å². The van der Waals surface area contributed by atoms with E-state index in [-0.39, 0.29) is 10.8 Å². The van der Waals surface area contributed by atoms with Crippen LogP contribution in [0.4, 0.5) is 5.69 Å². The van der Waals surface area contributed by atoms with Crippen molar-refractivity contribution in [3.63, 3.8) is 0 Å². The maximum absolute atomic E-state index is 12.6. The first kappa shape index (κ1) is 25.8. The van der Waals surface area contributed by atoms with E-state index in [1.807, 2.05) is 87.0 Å². The van der Waals surface area contributed by atoms with Gasteiger partial charge in [-0.1, -0.05) is 45.9 Å². The van der Waals surface area contributed by atoms with Crippen molar-refractivity contribution in [1.82, 2.24) is 9.38 Å². The molecular weight excluding hydrogens is 434 g/mol. The Balaban J connectivity index is 0.000000914. The molecule has 174 valence electrons. The molecule has 0 atom stereocenters. The van der Waals surface area contributed by atoms with Crippen molar-refractivity contribution in [2.75, 3.05) is 11.6 Å². The average Bonchev–Trinajstić information content (AvgIpc) is 3.26. The van der Waals surface area contributed by atoms with E-state index in [0.29, 0.717) is 16.8 Å². The molecule has 0 bridgehead atoms. The van der Waals surface area contributed by atoms with Crippen molar-refractivity contribution < 1.29 is 13.2 Å². The van der Waals surface area contributed by atoms with E-state index in [1.165, 1.54) is 18.2 Å². The quantitative estimate of drug-likeness (QED) is 0.400. The molecule has 0 aliphatic heterocycles. The maximum Gasteiger partial charge on any atom is 0.255 e. The van der Waals surface area contributed by atoms with Crippen molar-refractivity contribution in [3.8, 4) is 11.3 Å². The minimum absolute atomic E-state index is 0.198. The molecule has 2 aromatic heterocycles. The number of pyridine rings is 1. The summed E-state index contributed by atoms with van der Waals surface area (Å²) in [5.41, 5.74) is 4.34. The van der Waals surface area contributed by atoms with Crippen molar-refractivity contribution in [1.29, 1.82) is 0 Å². The van der Waals surface area contributed by atoms with Crippen LogP contribution in [-0.4, -0.2) is 30.0 Å². The lowest BCUT2D eigenvalue weighted by molar-refractivity contribution is 0.102. The predicted molar refractivity (Wildman–Crippen MR) is 136 cm³/mol. The molecule has 33 heavy (non-hydrogen) atoms. The molecule has 0 aliphatic rings. The second-order valence-corrected chi connectivity index (χ2v) is 8.89. The van der Waals surface area contributed by atoms with Crippen LogP contribution in [0.3, 0.4) is 0 Å². The summed E-state index contributed by atoms with van der Waals surface area (Å²) in [6.45, 7) is 9.72. The summed E-state index contributed by atoms with van der Waals surface area (Å²) in [5, 5.41) is 2.85. The van der Waals surface area contributed by atoms with Crippen molar-refractivity contribution in [2.24, 2.45) is 0 Å². The van der Waals surface area contributed by atoms with Gasteiger partial charge in [-0.25, -0.2) is 13.4 Å². The van der Waals surface area contributed by atoms with E-state index < -0.39 is 9.84 Å². The first-order valence-corrected chi connectivity index (χ1v) is 12.9. The average molecular weight is 466 g/mol. The minimum atomic E-state index is -3.31. The predicted octanol–water partition coefficient (Wildman–Crippen LogP) is 6.02. The van der Waals surface area contributed by atoms with Crippen molar-refractivity contribution >= 4 is 27.1 Å². The molecule has 1 amide bonds. The second kappa shape index (κ2) is 11.4. The van der Waals surface area contributed by atoms with Gasteiger partial charge < -0.3 is 9.72 Å². The topological polar surface area (TPSA) is 80.5 Å². The minimum Gasteiger partial charge on any atom is -0.322 e. The van der Waals surface area contributed by atoms with Crippen LogP contribution in [0.1, 0.15) is 43.6 Å². The van der Waals surface area contributed by atoms with Crippen LogP contribution in [0.5, 0.6) is 0 Å². The molecule has 7 heteroatoms. The molecule has 0 saturated carbocycles. The molecule has 0 fully saturated rings. The lowest BCUT2D eigenvalue weighted by Crippen LogP contribution is -2.14. The highest BCUT2D eigenvalue weighted by molar-refractivity contribution is 7.90. The number of aryl methyl sites for hydroxylation is 1. The number of anilines is 1. The van der Waals surface area contributed by atoms with Gasteiger partial charge >= 0.3 is 0 Å². The van der Waals surface area contributed by atoms with Crippen LogP contribution < -0.4 is 5.32 Å². The van der Waals surface area contributed by atoms with Crippen molar-refractivity contribution in [2.45, 2.75) is 39.5 Å². The fourth-order valence-corrected chi connectivity index (χ4v) is 3.82. The smallest absolute Gasteiger partial charge is 0.255 e. The van der Waals surface area contributed by atoms with E-state index in [1.54, 1.807) is 6.92 Å². The fraction of sp³-hybridized carbons (Fsp3) is 0.231. The van der Waals surface area contributed by atoms with Crippen LogP contribution in [0.15, 0.2) is 78.0 Å². The summed E-state index contributed by atoms with van der Waals surface area (Å²) in [5.74, 6) is -0.289. The Morgan fingerprint density at radius 3 is 2.18 bits per heavy atom. The van der Waals surface area contributed by atoms with E-state index in [2.05, 4.69) is 10.3 Å². The van der Waals surface area contributed by atoms with E-state index >= 15 is 0 Å². The number of aromatic nitrogens is 2. The zero-order valence-corrected chi connectivity index (χ0v) is 20.8. The van der Waals surface area contributed by atoms with E-state index in [4.69, 9.17) is 0 Å². The molecule has 2 aromatic carbocycles. The number of imidazole rings is 1. The number of hydrogen-bond donors (Lipinski definition) is 1. The van der Waals surface area contributed by atoms with Gasteiger partial charge in [0.05, 0.1) is 10.6 Å². The highest BCUT2D eigenvalue weighted by atomic mass is 32.2. The number of benzene rings is 2. The highest BCUT2D eigenvalue weighted by Gasteiger charge is 2.14. The van der Waals surface area contributed by atoms with E-state index in [9.17, 15) is 13.2 Å². The molecule has 4 aromatic rings. The van der Waals surface area contributed by atoms with Crippen LogP contribution in [0.2, 0.25) is 0 Å². The molecule has 6 nitrogen and oxygen atoms in total. The maximum atomic E-state index is 12.6. The number of carbonyl (C=O) groups excluding carboxylic acids is 1. The van der Waals surface area contributed by atoms with Crippen LogP contribution >= 0.6 is 0 Å². The third-order valence-electron chi connectivity index (χ3n) is 4.67. The summed E-state index contributed by atoms with van der Waals surface area (Å²) in [6.07, 6.45) is 5.04. The van der Waals surface area contributed by atoms with Crippen LogP contribution in [-0.2, 0) is 9.84 Å². The molecule has 0 unspecified atom stereocenters. The summed E-state index contributed by atoms with van der Waals surface area (Å²) < 4.78 is 25.3. The number of amides is 1. The first-order chi connectivity index (χ1) is 15.8. The van der Waals surface area contributed by atoms with Gasteiger partial charge in [0.25, 0.3) is 5.91 Å². The number of carbonyl (C=O) groups is 1. The largest absolute Gasteiger partial charge is 0.322 e. The number of nitrogens with zero attached hydrogens (tertiary/aromatic N) is 2.